The van der Waals surface area contributed by atoms with Gasteiger partial charge in [0.1, 0.15) is 6.17 Å². The van der Waals surface area contributed by atoms with Crippen molar-refractivity contribution in [1.82, 2.24) is 15.5 Å². The van der Waals surface area contributed by atoms with Crippen LogP contribution in [0.1, 0.15) is 18.4 Å². The highest BCUT2D eigenvalue weighted by Gasteiger charge is 2.40. The van der Waals surface area contributed by atoms with Crippen LogP contribution in [-0.4, -0.2) is 71.1 Å². The van der Waals surface area contributed by atoms with Gasteiger partial charge in [-0.25, -0.2) is 4.99 Å². The summed E-state index contributed by atoms with van der Waals surface area (Å²) in [7, 11) is 0. The molecule has 2 atom stereocenters. The van der Waals surface area contributed by atoms with Gasteiger partial charge in [-0.3, -0.25) is 24.9 Å². The SMILES string of the molecule is NC1=NC(N)C(Cl)N=C1C(=O)NC1=NCC2(CCN(C(=O)/C=C/c3ccccc3)CC2)N1. The third kappa shape index (κ3) is 4.81. The van der Waals surface area contributed by atoms with Gasteiger partial charge in [-0.15, -0.1) is 0 Å². The van der Waals surface area contributed by atoms with E-state index in [1.807, 2.05) is 41.3 Å². The van der Waals surface area contributed by atoms with E-state index in [-0.39, 0.29) is 23.0 Å². The molecule has 3 aliphatic heterocycles. The molecule has 0 radical (unpaired) electrons. The molecule has 1 aromatic carbocycles. The molecule has 6 N–H and O–H groups in total. The van der Waals surface area contributed by atoms with Crippen molar-refractivity contribution in [2.24, 2.45) is 26.4 Å². The molecule has 3 heterocycles. The lowest BCUT2D eigenvalue weighted by molar-refractivity contribution is -0.127. The Morgan fingerprint density at radius 3 is 2.66 bits per heavy atom. The number of hydrogen-bond acceptors (Lipinski definition) is 8. The predicted octanol–water partition coefficient (Wildman–Crippen LogP) is -0.202. The van der Waals surface area contributed by atoms with Crippen molar-refractivity contribution < 1.29 is 9.59 Å². The quantitative estimate of drug-likeness (QED) is 0.282. The summed E-state index contributed by atoms with van der Waals surface area (Å²) in [5, 5.41) is 5.97. The smallest absolute Gasteiger partial charge is 0.279 e. The second-order valence-electron chi connectivity index (χ2n) is 7.95. The van der Waals surface area contributed by atoms with E-state index in [2.05, 4.69) is 25.6 Å². The summed E-state index contributed by atoms with van der Waals surface area (Å²) in [6, 6.07) is 9.70. The number of guanidine groups is 1. The summed E-state index contributed by atoms with van der Waals surface area (Å²) < 4.78 is 0. The van der Waals surface area contributed by atoms with E-state index in [9.17, 15) is 9.59 Å². The van der Waals surface area contributed by atoms with Gasteiger partial charge in [0.05, 0.1) is 12.1 Å². The van der Waals surface area contributed by atoms with Crippen molar-refractivity contribution in [3.8, 4) is 0 Å². The van der Waals surface area contributed by atoms with Crippen LogP contribution in [-0.2, 0) is 9.59 Å². The number of alkyl halides is 1. The number of likely N-dealkylation sites (tertiary alicyclic amines) is 1. The fraction of sp³-hybridized carbons (Fsp3) is 0.381. The Morgan fingerprint density at radius 2 is 1.94 bits per heavy atom. The van der Waals surface area contributed by atoms with Crippen LogP contribution in [0.5, 0.6) is 0 Å². The first-order valence-corrected chi connectivity index (χ1v) is 10.8. The third-order valence-electron chi connectivity index (χ3n) is 5.69. The number of aliphatic imine (C=N–C) groups is 3. The fourth-order valence-corrected chi connectivity index (χ4v) is 3.95. The number of nitrogens with two attached hydrogens (primary N) is 2. The Morgan fingerprint density at radius 1 is 1.22 bits per heavy atom. The van der Waals surface area contributed by atoms with Crippen LogP contribution in [0.2, 0.25) is 0 Å². The summed E-state index contributed by atoms with van der Waals surface area (Å²) >= 11 is 5.96. The van der Waals surface area contributed by atoms with Crippen LogP contribution in [0.25, 0.3) is 6.08 Å². The van der Waals surface area contributed by atoms with Crippen molar-refractivity contribution >= 4 is 47.0 Å². The molecule has 0 aromatic heterocycles. The van der Waals surface area contributed by atoms with Crippen molar-refractivity contribution in [2.45, 2.75) is 30.0 Å². The largest absolute Gasteiger partial charge is 0.382 e. The highest BCUT2D eigenvalue weighted by atomic mass is 35.5. The van der Waals surface area contributed by atoms with Crippen LogP contribution in [0.15, 0.2) is 51.4 Å². The van der Waals surface area contributed by atoms with Gasteiger partial charge in [0.25, 0.3) is 5.91 Å². The third-order valence-corrected chi connectivity index (χ3v) is 6.04. The maximum absolute atomic E-state index is 12.5. The van der Waals surface area contributed by atoms with Crippen LogP contribution in [0, 0.1) is 0 Å². The average Bonchev–Trinajstić information content (AvgIpc) is 3.17. The number of rotatable bonds is 3. The van der Waals surface area contributed by atoms with E-state index in [1.54, 1.807) is 6.08 Å². The number of piperidine rings is 1. The molecule has 3 aliphatic rings. The molecule has 2 unspecified atom stereocenters. The molecule has 0 saturated carbocycles. The number of carbonyl (C=O) groups is 2. The highest BCUT2D eigenvalue weighted by molar-refractivity contribution is 6.67. The molecule has 0 aliphatic carbocycles. The zero-order valence-corrected chi connectivity index (χ0v) is 18.1. The molecule has 168 valence electrons. The number of hydrogen-bond donors (Lipinski definition) is 4. The molecular formula is C21H25ClN8O2. The number of halogens is 1. The number of amidine groups is 1. The van der Waals surface area contributed by atoms with Crippen LogP contribution in [0.3, 0.4) is 0 Å². The van der Waals surface area contributed by atoms with E-state index in [1.165, 1.54) is 0 Å². The number of benzene rings is 1. The van der Waals surface area contributed by atoms with Crippen molar-refractivity contribution in [1.29, 1.82) is 0 Å². The minimum atomic E-state index is -0.856. The normalized spacial score (nSPS) is 24.6. The first kappa shape index (κ1) is 22.0. The van der Waals surface area contributed by atoms with Crippen molar-refractivity contribution in [2.75, 3.05) is 19.6 Å². The molecule has 1 aromatic rings. The monoisotopic (exact) mass is 456 g/mol. The van der Waals surface area contributed by atoms with Gasteiger partial charge in [-0.1, -0.05) is 41.9 Å². The van der Waals surface area contributed by atoms with Crippen LogP contribution in [0.4, 0.5) is 0 Å². The number of nitrogens with one attached hydrogen (secondary N) is 2. The van der Waals surface area contributed by atoms with Gasteiger partial charge < -0.3 is 21.7 Å². The summed E-state index contributed by atoms with van der Waals surface area (Å²) in [5.74, 6) is -0.286. The topological polar surface area (TPSA) is 151 Å². The molecule has 2 amide bonds. The molecule has 11 heteroatoms. The molecule has 0 bridgehead atoms. The van der Waals surface area contributed by atoms with E-state index < -0.39 is 17.6 Å². The molecule has 10 nitrogen and oxygen atoms in total. The Bertz CT molecular complexity index is 1010. The predicted molar refractivity (Wildman–Crippen MR) is 124 cm³/mol. The lowest BCUT2D eigenvalue weighted by atomic mass is 9.88. The maximum atomic E-state index is 12.5. The Kier molecular flexibility index (Phi) is 6.24. The second-order valence-corrected chi connectivity index (χ2v) is 8.40. The van der Waals surface area contributed by atoms with Gasteiger partial charge in [-0.05, 0) is 24.5 Å². The summed E-state index contributed by atoms with van der Waals surface area (Å²) in [4.78, 5) is 39.2. The number of nitrogens with zero attached hydrogens (tertiary/aromatic N) is 4. The molecule has 4 rings (SSSR count). The number of carbonyl (C=O) groups excluding carboxylic acids is 2. The highest BCUT2D eigenvalue weighted by Crippen LogP contribution is 2.26. The van der Waals surface area contributed by atoms with Crippen LogP contribution >= 0.6 is 11.6 Å². The standard InChI is InChI=1S/C21H25ClN8O2/c22-16-18(24)27-17(23)15(26-16)19(32)28-20-25-12-21(29-20)8-10-30(11-9-21)14(31)7-6-13-4-2-1-3-5-13/h1-7,16,18H,8-12,24H2,(H2,23,27)(H2,25,28,29,32)/b7-6+. The Balaban J connectivity index is 1.29. The lowest BCUT2D eigenvalue weighted by Gasteiger charge is -2.38. The van der Waals surface area contributed by atoms with E-state index in [4.69, 9.17) is 23.1 Å². The lowest BCUT2D eigenvalue weighted by Crippen LogP contribution is -2.57. The molecule has 1 spiro atoms. The first-order chi connectivity index (χ1) is 15.3. The van der Waals surface area contributed by atoms with Crippen molar-refractivity contribution in [3.63, 3.8) is 0 Å². The zero-order chi connectivity index (χ0) is 22.7. The second kappa shape index (κ2) is 9.09. The van der Waals surface area contributed by atoms with E-state index in [0.717, 1.165) is 5.56 Å². The summed E-state index contributed by atoms with van der Waals surface area (Å²) in [6.45, 7) is 1.70. The minimum Gasteiger partial charge on any atom is -0.382 e. The van der Waals surface area contributed by atoms with Crippen LogP contribution < -0.4 is 22.1 Å². The summed E-state index contributed by atoms with van der Waals surface area (Å²) in [6.07, 6.45) is 4.06. The molecule has 1 fully saturated rings. The minimum absolute atomic E-state index is 0.0185. The Hall–Kier alpha value is -3.24. The summed E-state index contributed by atoms with van der Waals surface area (Å²) in [5.41, 5.74) is 11.2. The Labute approximate surface area is 190 Å². The van der Waals surface area contributed by atoms with Gasteiger partial charge in [0.2, 0.25) is 5.91 Å². The van der Waals surface area contributed by atoms with Gasteiger partial charge >= 0.3 is 0 Å². The van der Waals surface area contributed by atoms with E-state index >= 15 is 0 Å². The van der Waals surface area contributed by atoms with Gasteiger partial charge in [-0.2, -0.15) is 0 Å². The van der Waals surface area contributed by atoms with Crippen molar-refractivity contribution in [3.05, 3.63) is 42.0 Å². The molecular weight excluding hydrogens is 432 g/mol. The van der Waals surface area contributed by atoms with Gasteiger partial charge in [0.15, 0.2) is 23.0 Å². The maximum Gasteiger partial charge on any atom is 0.279 e. The average molecular weight is 457 g/mol. The number of amides is 2. The fourth-order valence-electron chi connectivity index (χ4n) is 3.80. The molecule has 1 saturated heterocycles. The molecule has 32 heavy (non-hydrogen) atoms. The van der Waals surface area contributed by atoms with Gasteiger partial charge in [0, 0.05) is 19.2 Å². The zero-order valence-electron chi connectivity index (χ0n) is 17.4. The van der Waals surface area contributed by atoms with E-state index in [0.29, 0.717) is 38.4 Å². The first-order valence-electron chi connectivity index (χ1n) is 10.3.